The number of aryl methyl sites for hydroxylation is 1. The Morgan fingerprint density at radius 2 is 1.45 bits per heavy atom. The van der Waals surface area contributed by atoms with Gasteiger partial charge in [-0.25, -0.2) is 8.42 Å². The van der Waals surface area contributed by atoms with Crippen molar-refractivity contribution < 1.29 is 22.7 Å². The molecule has 0 radical (unpaired) electrons. The van der Waals surface area contributed by atoms with Gasteiger partial charge in [0.1, 0.15) is 0 Å². The Bertz CT molecular complexity index is 1440. The zero-order chi connectivity index (χ0) is 27.4. The van der Waals surface area contributed by atoms with Crippen molar-refractivity contribution in [3.05, 3.63) is 94.6 Å². The SMILES string of the molecule is COc1ccc([C@@H]2CC(C)=C(C)C[C@H]2NC(=O)c2ccc(NS(=O)(=O)c3ccc(C)cc3)cc2)cc1OC. The third kappa shape index (κ3) is 6.02. The number of carbonyl (C=O) groups is 1. The third-order valence-corrected chi connectivity index (χ3v) is 8.55. The molecule has 0 heterocycles. The van der Waals surface area contributed by atoms with Gasteiger partial charge in [0.15, 0.2) is 11.5 Å². The van der Waals surface area contributed by atoms with Crippen molar-refractivity contribution in [3.63, 3.8) is 0 Å². The molecule has 0 fully saturated rings. The first-order valence-corrected chi connectivity index (χ1v) is 14.0. The normalized spacial score (nSPS) is 17.6. The zero-order valence-corrected chi connectivity index (χ0v) is 23.2. The summed E-state index contributed by atoms with van der Waals surface area (Å²) in [4.78, 5) is 13.4. The van der Waals surface area contributed by atoms with Crippen LogP contribution in [-0.4, -0.2) is 34.6 Å². The minimum absolute atomic E-state index is 0.0723. The summed E-state index contributed by atoms with van der Waals surface area (Å²) in [6, 6.07) is 18.9. The van der Waals surface area contributed by atoms with Crippen molar-refractivity contribution in [2.75, 3.05) is 18.9 Å². The van der Waals surface area contributed by atoms with Crippen LogP contribution in [0.5, 0.6) is 11.5 Å². The molecular formula is C30H34N2O5S. The summed E-state index contributed by atoms with van der Waals surface area (Å²) >= 11 is 0. The van der Waals surface area contributed by atoms with E-state index in [-0.39, 0.29) is 22.8 Å². The lowest BCUT2D eigenvalue weighted by Crippen LogP contribution is -2.41. The van der Waals surface area contributed by atoms with Gasteiger partial charge in [-0.05, 0) is 87.7 Å². The molecule has 0 saturated heterocycles. The molecule has 3 aromatic carbocycles. The first-order valence-electron chi connectivity index (χ1n) is 12.5. The van der Waals surface area contributed by atoms with Crippen molar-refractivity contribution in [2.45, 2.75) is 50.5 Å². The van der Waals surface area contributed by atoms with Crippen LogP contribution in [0.15, 0.2) is 82.8 Å². The van der Waals surface area contributed by atoms with E-state index in [1.54, 1.807) is 62.8 Å². The van der Waals surface area contributed by atoms with Crippen LogP contribution in [0.4, 0.5) is 5.69 Å². The fourth-order valence-electron chi connectivity index (χ4n) is 4.75. The Morgan fingerprint density at radius 1 is 0.816 bits per heavy atom. The molecule has 200 valence electrons. The zero-order valence-electron chi connectivity index (χ0n) is 22.4. The molecule has 0 unspecified atom stereocenters. The van der Waals surface area contributed by atoms with Crippen molar-refractivity contribution in [1.82, 2.24) is 5.32 Å². The van der Waals surface area contributed by atoms with Crippen LogP contribution in [0.1, 0.15) is 54.1 Å². The molecule has 0 spiro atoms. The largest absolute Gasteiger partial charge is 0.493 e. The predicted octanol–water partition coefficient (Wildman–Crippen LogP) is 5.83. The highest BCUT2D eigenvalue weighted by atomic mass is 32.2. The van der Waals surface area contributed by atoms with Gasteiger partial charge in [0.25, 0.3) is 15.9 Å². The second-order valence-corrected chi connectivity index (χ2v) is 11.4. The van der Waals surface area contributed by atoms with Gasteiger partial charge in [-0.3, -0.25) is 9.52 Å². The number of ether oxygens (including phenoxy) is 2. The van der Waals surface area contributed by atoms with E-state index in [1.807, 2.05) is 25.1 Å². The fraction of sp³-hybridized carbons (Fsp3) is 0.300. The highest BCUT2D eigenvalue weighted by Gasteiger charge is 2.30. The summed E-state index contributed by atoms with van der Waals surface area (Å²) in [5, 5.41) is 3.22. The van der Waals surface area contributed by atoms with E-state index >= 15 is 0 Å². The van der Waals surface area contributed by atoms with Crippen molar-refractivity contribution in [3.8, 4) is 11.5 Å². The van der Waals surface area contributed by atoms with Crippen molar-refractivity contribution >= 4 is 21.6 Å². The topological polar surface area (TPSA) is 93.7 Å². The molecule has 1 aliphatic rings. The maximum absolute atomic E-state index is 13.2. The molecule has 3 aromatic rings. The number of rotatable bonds is 8. The van der Waals surface area contributed by atoms with Gasteiger partial charge in [0, 0.05) is 23.2 Å². The quantitative estimate of drug-likeness (QED) is 0.355. The predicted molar refractivity (Wildman–Crippen MR) is 150 cm³/mol. The molecule has 2 atom stereocenters. The molecule has 38 heavy (non-hydrogen) atoms. The second kappa shape index (κ2) is 11.3. The highest BCUT2D eigenvalue weighted by Crippen LogP contribution is 2.39. The Kier molecular flexibility index (Phi) is 8.11. The molecule has 2 N–H and O–H groups in total. The van der Waals surface area contributed by atoms with Gasteiger partial charge in [0.2, 0.25) is 0 Å². The van der Waals surface area contributed by atoms with E-state index in [0.717, 1.165) is 24.0 Å². The minimum Gasteiger partial charge on any atom is -0.493 e. The van der Waals surface area contributed by atoms with Gasteiger partial charge in [-0.1, -0.05) is 34.9 Å². The van der Waals surface area contributed by atoms with Crippen LogP contribution in [0.2, 0.25) is 0 Å². The lowest BCUT2D eigenvalue weighted by Gasteiger charge is -2.34. The molecule has 4 rings (SSSR count). The number of allylic oxidation sites excluding steroid dienone is 1. The summed E-state index contributed by atoms with van der Waals surface area (Å²) < 4.78 is 38.9. The summed E-state index contributed by atoms with van der Waals surface area (Å²) in [6.07, 6.45) is 1.57. The maximum Gasteiger partial charge on any atom is 0.261 e. The number of hydrogen-bond acceptors (Lipinski definition) is 5. The number of nitrogens with one attached hydrogen (secondary N) is 2. The molecule has 0 bridgehead atoms. The lowest BCUT2D eigenvalue weighted by atomic mass is 9.77. The van der Waals surface area contributed by atoms with Gasteiger partial charge >= 0.3 is 0 Å². The van der Waals surface area contributed by atoms with Crippen molar-refractivity contribution in [2.24, 2.45) is 0 Å². The molecule has 7 nitrogen and oxygen atoms in total. The van der Waals surface area contributed by atoms with E-state index in [0.29, 0.717) is 22.7 Å². The van der Waals surface area contributed by atoms with Gasteiger partial charge in [0.05, 0.1) is 19.1 Å². The number of carbonyl (C=O) groups excluding carboxylic acids is 1. The summed E-state index contributed by atoms with van der Waals surface area (Å²) in [5.41, 5.74) is 5.48. The first-order chi connectivity index (χ1) is 18.1. The van der Waals surface area contributed by atoms with Gasteiger partial charge < -0.3 is 14.8 Å². The first kappa shape index (κ1) is 27.3. The number of sulfonamides is 1. The maximum atomic E-state index is 13.2. The highest BCUT2D eigenvalue weighted by molar-refractivity contribution is 7.92. The number of hydrogen-bond donors (Lipinski definition) is 2. The van der Waals surface area contributed by atoms with Crippen molar-refractivity contribution in [1.29, 1.82) is 0 Å². The fourth-order valence-corrected chi connectivity index (χ4v) is 5.81. The molecule has 0 saturated carbocycles. The van der Waals surface area contributed by atoms with E-state index in [4.69, 9.17) is 9.47 Å². The number of methoxy groups -OCH3 is 2. The summed E-state index contributed by atoms with van der Waals surface area (Å²) in [6.45, 7) is 6.14. The van der Waals surface area contributed by atoms with E-state index < -0.39 is 10.0 Å². The average Bonchev–Trinajstić information content (AvgIpc) is 2.90. The lowest BCUT2D eigenvalue weighted by molar-refractivity contribution is 0.0928. The number of amides is 1. The number of anilines is 1. The van der Waals surface area contributed by atoms with Crippen LogP contribution >= 0.6 is 0 Å². The summed E-state index contributed by atoms with van der Waals surface area (Å²) in [5.74, 6) is 1.18. The monoisotopic (exact) mass is 534 g/mol. The van der Waals surface area contributed by atoms with Crippen LogP contribution < -0.4 is 19.5 Å². The van der Waals surface area contributed by atoms with E-state index in [2.05, 4.69) is 23.9 Å². The molecule has 1 aliphatic carbocycles. The Hall–Kier alpha value is -3.78. The standard InChI is InChI=1S/C30H34N2O5S/c1-19-6-13-25(14-7-19)38(34,35)32-24-11-8-22(9-12-24)30(33)31-27-17-21(3)20(2)16-26(27)23-10-15-28(36-4)29(18-23)37-5/h6-15,18,26-27,32H,16-17H2,1-5H3,(H,31,33)/t26-,27+/m0/s1. The van der Waals surface area contributed by atoms with Gasteiger partial charge in [-0.15, -0.1) is 0 Å². The van der Waals surface area contributed by atoms with Crippen LogP contribution in [0.3, 0.4) is 0 Å². The van der Waals surface area contributed by atoms with Crippen LogP contribution in [0, 0.1) is 6.92 Å². The smallest absolute Gasteiger partial charge is 0.261 e. The Labute approximate surface area is 224 Å². The number of benzene rings is 3. The van der Waals surface area contributed by atoms with E-state index in [9.17, 15) is 13.2 Å². The van der Waals surface area contributed by atoms with Gasteiger partial charge in [-0.2, -0.15) is 0 Å². The molecule has 1 amide bonds. The molecular weight excluding hydrogens is 500 g/mol. The minimum atomic E-state index is -3.72. The molecule has 0 aromatic heterocycles. The molecule has 0 aliphatic heterocycles. The van der Waals surface area contributed by atoms with E-state index in [1.165, 1.54) is 11.1 Å². The van der Waals surface area contributed by atoms with Crippen LogP contribution in [-0.2, 0) is 10.0 Å². The summed E-state index contributed by atoms with van der Waals surface area (Å²) in [7, 11) is -0.501. The molecule has 8 heteroatoms. The average molecular weight is 535 g/mol. The Balaban J connectivity index is 1.51. The van der Waals surface area contributed by atoms with Crippen LogP contribution in [0.25, 0.3) is 0 Å². The third-order valence-electron chi connectivity index (χ3n) is 7.15. The Morgan fingerprint density at radius 3 is 2.08 bits per heavy atom. The second-order valence-electron chi connectivity index (χ2n) is 9.77.